The summed E-state index contributed by atoms with van der Waals surface area (Å²) in [7, 11) is 2.17. The van der Waals surface area contributed by atoms with Gasteiger partial charge in [0.25, 0.3) is 0 Å². The molecule has 0 saturated heterocycles. The van der Waals surface area contributed by atoms with Crippen LogP contribution in [0.5, 0.6) is 0 Å². The largest absolute Gasteiger partial charge is 0.317 e. The van der Waals surface area contributed by atoms with Crippen LogP contribution in [-0.2, 0) is 0 Å². The minimum Gasteiger partial charge on any atom is -0.317 e. The molecular formula is C13H28N2. The summed E-state index contributed by atoms with van der Waals surface area (Å²) < 4.78 is 0. The Morgan fingerprint density at radius 2 is 1.87 bits per heavy atom. The first-order valence-corrected chi connectivity index (χ1v) is 6.20. The molecule has 90 valence electrons. The highest BCUT2D eigenvalue weighted by Gasteiger charge is 1.97. The number of likely N-dealkylation sites (N-methyl/N-ethyl adjacent to an activating group) is 1. The highest BCUT2D eigenvalue weighted by atomic mass is 15.1. The summed E-state index contributed by atoms with van der Waals surface area (Å²) >= 11 is 0. The summed E-state index contributed by atoms with van der Waals surface area (Å²) in [5, 5.41) is 3.35. The zero-order valence-electron chi connectivity index (χ0n) is 10.8. The molecule has 0 rings (SSSR count). The maximum Gasteiger partial charge on any atom is 0.0184 e. The Bertz CT molecular complexity index is 155. The molecule has 0 saturated carbocycles. The summed E-state index contributed by atoms with van der Waals surface area (Å²) in [5.74, 6) is 0. The van der Waals surface area contributed by atoms with Crippen molar-refractivity contribution in [1.29, 1.82) is 0 Å². The molecule has 0 aromatic heterocycles. The fourth-order valence-corrected chi connectivity index (χ4v) is 1.70. The van der Waals surface area contributed by atoms with Crippen molar-refractivity contribution in [2.75, 3.05) is 33.2 Å². The molecule has 0 aliphatic rings. The second-order valence-electron chi connectivity index (χ2n) is 4.46. The summed E-state index contributed by atoms with van der Waals surface area (Å²) in [6, 6.07) is 0. The first-order chi connectivity index (χ1) is 7.16. The Hall–Kier alpha value is -0.340. The number of hydrogen-bond donors (Lipinski definition) is 1. The van der Waals surface area contributed by atoms with Crippen LogP contribution in [0.4, 0.5) is 0 Å². The molecule has 0 amide bonds. The Kier molecular flexibility index (Phi) is 9.96. The number of unbranched alkanes of at least 4 members (excludes halogenated alkanes) is 3. The molecule has 15 heavy (non-hydrogen) atoms. The molecule has 0 fully saturated rings. The topological polar surface area (TPSA) is 15.3 Å². The van der Waals surface area contributed by atoms with Crippen molar-refractivity contribution >= 4 is 0 Å². The summed E-state index contributed by atoms with van der Waals surface area (Å²) in [5.41, 5.74) is 1.25. The molecule has 0 radical (unpaired) electrons. The van der Waals surface area contributed by atoms with Crippen LogP contribution in [0.15, 0.2) is 12.2 Å². The van der Waals surface area contributed by atoms with Crippen molar-refractivity contribution < 1.29 is 0 Å². The van der Waals surface area contributed by atoms with Crippen LogP contribution in [0.25, 0.3) is 0 Å². The van der Waals surface area contributed by atoms with E-state index in [2.05, 4.69) is 37.7 Å². The van der Waals surface area contributed by atoms with Gasteiger partial charge in [-0.1, -0.05) is 31.9 Å². The van der Waals surface area contributed by atoms with Crippen LogP contribution >= 0.6 is 0 Å². The standard InChI is InChI=1S/C13H28N2/c1-5-14-10-8-6-7-9-11-15(4)12-13(2)3/h14H,2,5-12H2,1,3-4H3. The van der Waals surface area contributed by atoms with Crippen LogP contribution in [0.1, 0.15) is 39.5 Å². The van der Waals surface area contributed by atoms with Crippen LogP contribution in [0.3, 0.4) is 0 Å². The Morgan fingerprint density at radius 3 is 2.47 bits per heavy atom. The molecule has 2 nitrogen and oxygen atoms in total. The maximum absolute atomic E-state index is 3.92. The van der Waals surface area contributed by atoms with Crippen molar-refractivity contribution in [1.82, 2.24) is 10.2 Å². The average molecular weight is 212 g/mol. The van der Waals surface area contributed by atoms with Crippen molar-refractivity contribution in [3.8, 4) is 0 Å². The molecule has 0 heterocycles. The Labute approximate surface area is 95.7 Å². The van der Waals surface area contributed by atoms with Crippen LogP contribution in [0, 0.1) is 0 Å². The van der Waals surface area contributed by atoms with E-state index in [1.807, 2.05) is 0 Å². The smallest absolute Gasteiger partial charge is 0.0184 e. The van der Waals surface area contributed by atoms with E-state index in [1.165, 1.54) is 44.3 Å². The van der Waals surface area contributed by atoms with E-state index in [1.54, 1.807) is 0 Å². The van der Waals surface area contributed by atoms with Gasteiger partial charge in [0.05, 0.1) is 0 Å². The second-order valence-corrected chi connectivity index (χ2v) is 4.46. The van der Waals surface area contributed by atoms with Gasteiger partial charge in [-0.25, -0.2) is 0 Å². The zero-order valence-corrected chi connectivity index (χ0v) is 10.8. The van der Waals surface area contributed by atoms with E-state index >= 15 is 0 Å². The fraction of sp³-hybridized carbons (Fsp3) is 0.846. The highest BCUT2D eigenvalue weighted by molar-refractivity contribution is 4.90. The van der Waals surface area contributed by atoms with Crippen molar-refractivity contribution in [2.24, 2.45) is 0 Å². The quantitative estimate of drug-likeness (QED) is 0.442. The third-order valence-corrected chi connectivity index (χ3v) is 2.43. The average Bonchev–Trinajstić information content (AvgIpc) is 2.15. The summed E-state index contributed by atoms with van der Waals surface area (Å²) in [6.45, 7) is 12.7. The predicted molar refractivity (Wildman–Crippen MR) is 69.3 cm³/mol. The zero-order chi connectivity index (χ0) is 11.5. The molecule has 0 aromatic rings. The van der Waals surface area contributed by atoms with E-state index in [0.717, 1.165) is 13.1 Å². The van der Waals surface area contributed by atoms with E-state index in [0.29, 0.717) is 0 Å². The van der Waals surface area contributed by atoms with Gasteiger partial charge >= 0.3 is 0 Å². The van der Waals surface area contributed by atoms with Gasteiger partial charge in [0.2, 0.25) is 0 Å². The first kappa shape index (κ1) is 14.7. The Balaban J connectivity index is 3.13. The fourth-order valence-electron chi connectivity index (χ4n) is 1.70. The van der Waals surface area contributed by atoms with Crippen LogP contribution in [-0.4, -0.2) is 38.1 Å². The number of rotatable bonds is 10. The van der Waals surface area contributed by atoms with E-state index in [4.69, 9.17) is 0 Å². The molecule has 0 aliphatic carbocycles. The first-order valence-electron chi connectivity index (χ1n) is 6.20. The van der Waals surface area contributed by atoms with Gasteiger partial charge in [0.15, 0.2) is 0 Å². The minimum atomic E-state index is 1.04. The van der Waals surface area contributed by atoms with Crippen molar-refractivity contribution in [3.63, 3.8) is 0 Å². The van der Waals surface area contributed by atoms with Crippen molar-refractivity contribution in [2.45, 2.75) is 39.5 Å². The lowest BCUT2D eigenvalue weighted by Gasteiger charge is -2.16. The lowest BCUT2D eigenvalue weighted by atomic mass is 10.2. The van der Waals surface area contributed by atoms with E-state index in [-0.39, 0.29) is 0 Å². The van der Waals surface area contributed by atoms with Crippen LogP contribution in [0.2, 0.25) is 0 Å². The van der Waals surface area contributed by atoms with E-state index < -0.39 is 0 Å². The lowest BCUT2D eigenvalue weighted by molar-refractivity contribution is 0.349. The van der Waals surface area contributed by atoms with Gasteiger partial charge in [0.1, 0.15) is 0 Å². The van der Waals surface area contributed by atoms with Gasteiger partial charge in [0, 0.05) is 6.54 Å². The normalized spacial score (nSPS) is 10.9. The third kappa shape index (κ3) is 11.6. The SMILES string of the molecule is C=C(C)CN(C)CCCCCCNCC. The second kappa shape index (κ2) is 10.2. The highest BCUT2D eigenvalue weighted by Crippen LogP contribution is 2.01. The van der Waals surface area contributed by atoms with Gasteiger partial charge in [-0.3, -0.25) is 0 Å². The monoisotopic (exact) mass is 212 g/mol. The number of nitrogens with zero attached hydrogens (tertiary/aromatic N) is 1. The molecule has 0 spiro atoms. The minimum absolute atomic E-state index is 1.04. The summed E-state index contributed by atoms with van der Waals surface area (Å²) in [4.78, 5) is 2.35. The molecule has 2 heteroatoms. The van der Waals surface area contributed by atoms with Crippen LogP contribution < -0.4 is 5.32 Å². The Morgan fingerprint density at radius 1 is 1.20 bits per heavy atom. The predicted octanol–water partition coefficient (Wildman–Crippen LogP) is 2.66. The van der Waals surface area contributed by atoms with Gasteiger partial charge in [-0.2, -0.15) is 0 Å². The summed E-state index contributed by atoms with van der Waals surface area (Å²) in [6.07, 6.45) is 5.34. The van der Waals surface area contributed by atoms with Gasteiger partial charge in [-0.15, -0.1) is 0 Å². The van der Waals surface area contributed by atoms with E-state index in [9.17, 15) is 0 Å². The van der Waals surface area contributed by atoms with Crippen molar-refractivity contribution in [3.05, 3.63) is 12.2 Å². The molecule has 0 aliphatic heterocycles. The molecule has 0 atom stereocenters. The molecule has 0 unspecified atom stereocenters. The third-order valence-electron chi connectivity index (χ3n) is 2.43. The van der Waals surface area contributed by atoms with Gasteiger partial charge < -0.3 is 10.2 Å². The number of hydrogen-bond acceptors (Lipinski definition) is 2. The molecular weight excluding hydrogens is 184 g/mol. The maximum atomic E-state index is 3.92. The molecule has 1 N–H and O–H groups in total. The van der Waals surface area contributed by atoms with Gasteiger partial charge in [-0.05, 0) is 46.4 Å². The lowest BCUT2D eigenvalue weighted by Crippen LogP contribution is -2.21. The molecule has 0 bridgehead atoms. The molecule has 0 aromatic carbocycles. The number of nitrogens with one attached hydrogen (secondary N) is 1.